The van der Waals surface area contributed by atoms with Gasteiger partial charge >= 0.3 is 0 Å². The van der Waals surface area contributed by atoms with Gasteiger partial charge in [0.25, 0.3) is 5.91 Å². The van der Waals surface area contributed by atoms with Crippen LogP contribution in [0.4, 0.5) is 5.69 Å². The van der Waals surface area contributed by atoms with Gasteiger partial charge in [-0.05, 0) is 43.7 Å². The molecular formula is C20H25N3O2. The van der Waals surface area contributed by atoms with Crippen LogP contribution in [0.2, 0.25) is 0 Å². The molecule has 3 N–H and O–H groups in total. The zero-order chi connectivity index (χ0) is 18.2. The largest absolute Gasteiger partial charge is 0.339 e. The van der Waals surface area contributed by atoms with Gasteiger partial charge in [0.15, 0.2) is 0 Å². The quantitative estimate of drug-likeness (QED) is 0.813. The Hall–Kier alpha value is -2.66. The van der Waals surface area contributed by atoms with Crippen molar-refractivity contribution >= 4 is 17.5 Å². The minimum atomic E-state index is -0.343. The zero-order valence-corrected chi connectivity index (χ0v) is 14.7. The van der Waals surface area contributed by atoms with Crippen LogP contribution < -0.4 is 11.1 Å². The van der Waals surface area contributed by atoms with Gasteiger partial charge in [0.05, 0.1) is 0 Å². The number of nitrogens with one attached hydrogen (secondary N) is 1. The van der Waals surface area contributed by atoms with Crippen LogP contribution in [0.25, 0.3) is 0 Å². The monoisotopic (exact) mass is 339 g/mol. The number of amides is 2. The minimum Gasteiger partial charge on any atom is -0.339 e. The lowest BCUT2D eigenvalue weighted by Crippen LogP contribution is -2.30. The summed E-state index contributed by atoms with van der Waals surface area (Å²) in [4.78, 5) is 26.2. The van der Waals surface area contributed by atoms with Crippen LogP contribution in [0.5, 0.6) is 0 Å². The summed E-state index contributed by atoms with van der Waals surface area (Å²) in [6.07, 6.45) is 0.199. The second-order valence-electron chi connectivity index (χ2n) is 5.82. The Kier molecular flexibility index (Phi) is 6.71. The van der Waals surface area contributed by atoms with Crippen molar-refractivity contribution in [2.24, 2.45) is 5.73 Å². The van der Waals surface area contributed by atoms with Crippen LogP contribution in [0.15, 0.2) is 54.6 Å². The summed E-state index contributed by atoms with van der Waals surface area (Å²) in [5.41, 5.74) is 8.26. The Balaban J connectivity index is 1.94. The van der Waals surface area contributed by atoms with Gasteiger partial charge in [0.2, 0.25) is 5.91 Å². The number of hydrogen-bond donors (Lipinski definition) is 2. The van der Waals surface area contributed by atoms with E-state index in [1.165, 1.54) is 0 Å². The van der Waals surface area contributed by atoms with Gasteiger partial charge in [-0.25, -0.2) is 0 Å². The molecule has 5 nitrogen and oxygen atoms in total. The highest BCUT2D eigenvalue weighted by Gasteiger charge is 2.14. The smallest absolute Gasteiger partial charge is 0.253 e. The maximum absolute atomic E-state index is 12.3. The molecule has 2 aromatic rings. The highest BCUT2D eigenvalue weighted by Crippen LogP contribution is 2.16. The van der Waals surface area contributed by atoms with Gasteiger partial charge in [-0.3, -0.25) is 9.59 Å². The maximum atomic E-state index is 12.3. The molecule has 0 saturated heterocycles. The molecule has 0 bridgehead atoms. The van der Waals surface area contributed by atoms with Crippen molar-refractivity contribution in [3.05, 3.63) is 65.7 Å². The average molecular weight is 339 g/mol. The number of benzene rings is 2. The average Bonchev–Trinajstić information content (AvgIpc) is 2.64. The normalized spacial score (nSPS) is 11.6. The molecule has 0 spiro atoms. The molecule has 0 saturated carbocycles. The minimum absolute atomic E-state index is 0.00558. The van der Waals surface area contributed by atoms with E-state index in [-0.39, 0.29) is 24.3 Å². The van der Waals surface area contributed by atoms with Gasteiger partial charge in [0.1, 0.15) is 0 Å². The first kappa shape index (κ1) is 18.7. The second-order valence-corrected chi connectivity index (χ2v) is 5.82. The Morgan fingerprint density at radius 2 is 1.60 bits per heavy atom. The fraction of sp³-hybridized carbons (Fsp3) is 0.300. The summed E-state index contributed by atoms with van der Waals surface area (Å²) in [6.45, 7) is 5.24. The van der Waals surface area contributed by atoms with E-state index in [2.05, 4.69) is 5.32 Å². The van der Waals surface area contributed by atoms with E-state index in [0.717, 1.165) is 5.56 Å². The summed E-state index contributed by atoms with van der Waals surface area (Å²) < 4.78 is 0. The lowest BCUT2D eigenvalue weighted by atomic mass is 10.0. The SMILES string of the molecule is CCN(CC)C(=O)c1ccc(NC(=O)CC(N)c2ccccc2)cc1. The van der Waals surface area contributed by atoms with Crippen LogP contribution in [-0.4, -0.2) is 29.8 Å². The van der Waals surface area contributed by atoms with E-state index < -0.39 is 0 Å². The fourth-order valence-corrected chi connectivity index (χ4v) is 2.62. The molecule has 2 amide bonds. The molecular weight excluding hydrogens is 314 g/mol. The van der Waals surface area contributed by atoms with E-state index in [1.54, 1.807) is 29.2 Å². The van der Waals surface area contributed by atoms with Crippen LogP contribution in [0.3, 0.4) is 0 Å². The first-order valence-electron chi connectivity index (χ1n) is 8.54. The molecule has 0 aliphatic rings. The lowest BCUT2D eigenvalue weighted by molar-refractivity contribution is -0.116. The maximum Gasteiger partial charge on any atom is 0.253 e. The first-order valence-corrected chi connectivity index (χ1v) is 8.54. The number of carbonyl (C=O) groups excluding carboxylic acids is 2. The predicted molar refractivity (Wildman–Crippen MR) is 100 cm³/mol. The second kappa shape index (κ2) is 8.99. The standard InChI is InChI=1S/C20H25N3O2/c1-3-23(4-2)20(25)16-10-12-17(13-11-16)22-19(24)14-18(21)15-8-6-5-7-9-15/h5-13,18H,3-4,14,21H2,1-2H3,(H,22,24). The summed E-state index contributed by atoms with van der Waals surface area (Å²) in [7, 11) is 0. The number of hydrogen-bond acceptors (Lipinski definition) is 3. The van der Waals surface area contributed by atoms with Gasteiger partial charge in [-0.15, -0.1) is 0 Å². The Bertz CT molecular complexity index is 695. The Morgan fingerprint density at radius 3 is 2.16 bits per heavy atom. The zero-order valence-electron chi connectivity index (χ0n) is 14.7. The summed E-state index contributed by atoms with van der Waals surface area (Å²) in [5.74, 6) is -0.159. The highest BCUT2D eigenvalue weighted by molar-refractivity contribution is 5.95. The molecule has 0 heterocycles. The Labute approximate surface area is 148 Å². The molecule has 2 rings (SSSR count). The molecule has 0 aliphatic carbocycles. The van der Waals surface area contributed by atoms with Crippen molar-refractivity contribution in [2.75, 3.05) is 18.4 Å². The van der Waals surface area contributed by atoms with Crippen molar-refractivity contribution in [1.29, 1.82) is 0 Å². The van der Waals surface area contributed by atoms with E-state index in [0.29, 0.717) is 24.3 Å². The third-order valence-electron chi connectivity index (χ3n) is 4.10. The van der Waals surface area contributed by atoms with Gasteiger partial charge in [-0.2, -0.15) is 0 Å². The molecule has 0 aliphatic heterocycles. The van der Waals surface area contributed by atoms with Crippen LogP contribution in [0.1, 0.15) is 42.2 Å². The van der Waals surface area contributed by atoms with Crippen molar-refractivity contribution in [3.63, 3.8) is 0 Å². The van der Waals surface area contributed by atoms with E-state index in [1.807, 2.05) is 44.2 Å². The topological polar surface area (TPSA) is 75.4 Å². The van der Waals surface area contributed by atoms with E-state index in [4.69, 9.17) is 5.73 Å². The van der Waals surface area contributed by atoms with Crippen LogP contribution in [-0.2, 0) is 4.79 Å². The van der Waals surface area contributed by atoms with E-state index in [9.17, 15) is 9.59 Å². The number of nitrogens with two attached hydrogens (primary N) is 1. The fourth-order valence-electron chi connectivity index (χ4n) is 2.62. The Morgan fingerprint density at radius 1 is 1.00 bits per heavy atom. The molecule has 132 valence electrons. The van der Waals surface area contributed by atoms with Crippen molar-refractivity contribution in [2.45, 2.75) is 26.3 Å². The summed E-state index contributed by atoms with van der Waals surface area (Å²) in [6, 6.07) is 16.1. The van der Waals surface area contributed by atoms with Crippen molar-refractivity contribution < 1.29 is 9.59 Å². The molecule has 0 aromatic heterocycles. The van der Waals surface area contributed by atoms with Gasteiger partial charge in [-0.1, -0.05) is 30.3 Å². The van der Waals surface area contributed by atoms with Crippen LogP contribution >= 0.6 is 0 Å². The summed E-state index contributed by atoms with van der Waals surface area (Å²) >= 11 is 0. The summed E-state index contributed by atoms with van der Waals surface area (Å²) in [5, 5.41) is 2.82. The highest BCUT2D eigenvalue weighted by atomic mass is 16.2. The number of anilines is 1. The van der Waals surface area contributed by atoms with E-state index >= 15 is 0 Å². The number of nitrogens with zero attached hydrogens (tertiary/aromatic N) is 1. The van der Waals surface area contributed by atoms with Crippen LogP contribution in [0, 0.1) is 0 Å². The third-order valence-corrected chi connectivity index (χ3v) is 4.10. The molecule has 5 heteroatoms. The predicted octanol–water partition coefficient (Wildman–Crippen LogP) is 3.20. The molecule has 1 unspecified atom stereocenters. The molecule has 25 heavy (non-hydrogen) atoms. The van der Waals surface area contributed by atoms with Crippen molar-refractivity contribution in [3.8, 4) is 0 Å². The van der Waals surface area contributed by atoms with Crippen molar-refractivity contribution in [1.82, 2.24) is 4.90 Å². The third kappa shape index (κ3) is 5.16. The van der Waals surface area contributed by atoms with Gasteiger partial charge < -0.3 is 16.0 Å². The molecule has 0 fully saturated rings. The first-order chi connectivity index (χ1) is 12.0. The van der Waals surface area contributed by atoms with Gasteiger partial charge in [0, 0.05) is 36.8 Å². The number of carbonyl (C=O) groups is 2. The molecule has 1 atom stereocenters. The molecule has 2 aromatic carbocycles. The number of rotatable bonds is 7. The molecule has 0 radical (unpaired) electrons. The lowest BCUT2D eigenvalue weighted by Gasteiger charge is -2.18.